The van der Waals surface area contributed by atoms with Crippen LogP contribution in [0.1, 0.15) is 27.2 Å². The normalized spacial score (nSPS) is 46.4. The first kappa shape index (κ1) is 70.7. The van der Waals surface area contributed by atoms with Gasteiger partial charge in [0.05, 0.1) is 52.3 Å². The maximum absolute atomic E-state index is 12.7. The van der Waals surface area contributed by atoms with Crippen molar-refractivity contribution in [1.29, 1.82) is 0 Å². The zero-order valence-electron chi connectivity index (χ0n) is 45.4. The number of aliphatic hydroxyl groups is 21. The molecular formula is C47H82N2O35. The molecule has 2 amide bonds. The highest BCUT2D eigenvalue weighted by molar-refractivity contribution is 5.73. The van der Waals surface area contributed by atoms with Crippen LogP contribution in [0.5, 0.6) is 0 Å². The molecule has 37 nitrogen and oxygen atoms in total. The minimum Gasteiger partial charge on any atom is -0.394 e. The second-order valence-electron chi connectivity index (χ2n) is 21.1. The summed E-state index contributed by atoms with van der Waals surface area (Å²) in [6, 6.07) is -2.92. The van der Waals surface area contributed by atoms with E-state index in [1.54, 1.807) is 6.92 Å². The van der Waals surface area contributed by atoms with Gasteiger partial charge in [0.1, 0.15) is 165 Å². The topological polar surface area (TPSA) is 594 Å². The molecule has 0 aromatic rings. The molecule has 6 rings (SSSR count). The predicted molar refractivity (Wildman–Crippen MR) is 260 cm³/mol. The van der Waals surface area contributed by atoms with E-state index in [9.17, 15) is 117 Å². The molecule has 14 unspecified atom stereocenters. The Morgan fingerprint density at radius 2 is 0.798 bits per heavy atom. The Balaban J connectivity index is 1.31. The maximum atomic E-state index is 12.7. The van der Waals surface area contributed by atoms with Crippen LogP contribution in [-0.4, -0.2) is 374 Å². The van der Waals surface area contributed by atoms with Crippen molar-refractivity contribution < 1.29 is 174 Å². The van der Waals surface area contributed by atoms with Crippen LogP contribution in [0.3, 0.4) is 0 Å². The van der Waals surface area contributed by atoms with Gasteiger partial charge in [-0.25, -0.2) is 0 Å². The molecule has 6 aliphatic rings. The van der Waals surface area contributed by atoms with Gasteiger partial charge in [0, 0.05) is 13.8 Å². The third-order valence-corrected chi connectivity index (χ3v) is 15.2. The second-order valence-corrected chi connectivity index (χ2v) is 21.1. The summed E-state index contributed by atoms with van der Waals surface area (Å²) in [5, 5.41) is 231. The van der Waals surface area contributed by atoms with Gasteiger partial charge in [-0.15, -0.1) is 0 Å². The van der Waals surface area contributed by atoms with Gasteiger partial charge >= 0.3 is 0 Å². The van der Waals surface area contributed by atoms with Crippen molar-refractivity contribution in [3.63, 3.8) is 0 Å². The minimum atomic E-state index is -2.34. The first-order valence-electron chi connectivity index (χ1n) is 26.9. The Labute approximate surface area is 477 Å². The molecule has 0 aromatic carbocycles. The summed E-state index contributed by atoms with van der Waals surface area (Å²) in [5.74, 6) is -1.47. The number of hydrogen-bond acceptors (Lipinski definition) is 35. The molecule has 34 atom stereocenters. The lowest BCUT2D eigenvalue weighted by atomic mass is 9.94. The molecule has 0 radical (unpaired) electrons. The largest absolute Gasteiger partial charge is 0.394 e. The smallest absolute Gasteiger partial charge is 0.217 e. The van der Waals surface area contributed by atoms with Crippen LogP contribution in [0.15, 0.2) is 0 Å². The van der Waals surface area contributed by atoms with Gasteiger partial charge in [-0.3, -0.25) is 9.59 Å². The minimum absolute atomic E-state index is 0.0462. The highest BCUT2D eigenvalue weighted by atomic mass is 16.8. The molecule has 6 saturated heterocycles. The number of nitrogens with one attached hydrogen (secondary N) is 2. The Bertz CT molecular complexity index is 2010. The lowest BCUT2D eigenvalue weighted by molar-refractivity contribution is -0.386. The van der Waals surface area contributed by atoms with Gasteiger partial charge in [-0.1, -0.05) is 6.92 Å². The number of carbonyl (C=O) groups is 2. The second kappa shape index (κ2) is 31.4. The maximum Gasteiger partial charge on any atom is 0.217 e. The van der Waals surface area contributed by atoms with E-state index in [4.69, 9.17) is 56.8 Å². The van der Waals surface area contributed by atoms with Gasteiger partial charge in [-0.05, 0) is 6.42 Å². The average molecular weight is 1240 g/mol. The summed E-state index contributed by atoms with van der Waals surface area (Å²) in [6.45, 7) is -3.25. The molecule has 0 aromatic heterocycles. The summed E-state index contributed by atoms with van der Waals surface area (Å²) in [7, 11) is 0. The van der Waals surface area contributed by atoms with Crippen molar-refractivity contribution in [2.45, 2.75) is 236 Å². The van der Waals surface area contributed by atoms with Gasteiger partial charge in [0.15, 0.2) is 37.7 Å². The molecule has 6 fully saturated rings. The number of ether oxygens (including phenoxy) is 12. The van der Waals surface area contributed by atoms with E-state index in [0.29, 0.717) is 0 Å². The van der Waals surface area contributed by atoms with Crippen LogP contribution in [-0.2, 0) is 66.4 Å². The van der Waals surface area contributed by atoms with Crippen LogP contribution >= 0.6 is 0 Å². The summed E-state index contributed by atoms with van der Waals surface area (Å²) >= 11 is 0. The van der Waals surface area contributed by atoms with Gasteiger partial charge in [0.2, 0.25) is 11.8 Å². The molecule has 6 aliphatic heterocycles. The lowest BCUT2D eigenvalue weighted by Gasteiger charge is -2.49. The standard InChI is InChI=1S/C47H82N2O35/c1-4-14(48-12(2)55)23(58)38(15(57)5-50)81-42-22(49-13(3)56)29(64)39(19(9-54)78-42)82-47-37(72)41(84-46-35(70)32(67)26(61)18(8-53)77-46)28(63)21(80-47)11-74-44-36(71)40(83-45-34(69)31(66)25(60)17(7-52)76-45)27(62)20(79-44)10-73-43-33(68)30(65)24(59)16(6-51)75-43/h14-47,50-54,57-72H,4-11H2,1-3H3,(H,48,55)(H,49,56)/t14?,15?,16?,17?,18?,19?,20?,21?,22?,23-,24+,25+,26+,27+,28+,29-,30+,31+,32+,33?,34?,35?,36?,37?,38-,39-,40-,41-,42-,43+,44+,45-,46-,47-/m0/s1. The van der Waals surface area contributed by atoms with E-state index in [2.05, 4.69) is 10.6 Å². The van der Waals surface area contributed by atoms with Crippen LogP contribution in [0.25, 0.3) is 0 Å². The van der Waals surface area contributed by atoms with Gasteiger partial charge < -0.3 is 175 Å². The predicted octanol–water partition coefficient (Wildman–Crippen LogP) is -14.9. The van der Waals surface area contributed by atoms with Crippen LogP contribution in [0, 0.1) is 0 Å². The highest BCUT2D eigenvalue weighted by Crippen LogP contribution is 2.36. The molecule has 0 saturated carbocycles. The fourth-order valence-electron chi connectivity index (χ4n) is 10.4. The first-order chi connectivity index (χ1) is 39.7. The molecule has 6 heterocycles. The molecule has 0 aliphatic carbocycles. The van der Waals surface area contributed by atoms with Gasteiger partial charge in [-0.2, -0.15) is 0 Å². The van der Waals surface area contributed by atoms with E-state index in [1.807, 2.05) is 0 Å². The molecule has 84 heavy (non-hydrogen) atoms. The fraction of sp³-hybridized carbons (Fsp3) is 0.957. The van der Waals surface area contributed by atoms with E-state index in [1.165, 1.54) is 0 Å². The molecule has 0 bridgehead atoms. The first-order valence-corrected chi connectivity index (χ1v) is 26.9. The van der Waals surface area contributed by atoms with E-state index < -0.39 is 267 Å². The van der Waals surface area contributed by atoms with E-state index in [0.717, 1.165) is 13.8 Å². The van der Waals surface area contributed by atoms with E-state index >= 15 is 0 Å². The van der Waals surface area contributed by atoms with Crippen molar-refractivity contribution in [3.05, 3.63) is 0 Å². The molecule has 0 spiro atoms. The Morgan fingerprint density at radius 1 is 0.429 bits per heavy atom. The fourth-order valence-corrected chi connectivity index (χ4v) is 10.4. The zero-order chi connectivity index (χ0) is 62.3. The quantitative estimate of drug-likeness (QED) is 0.0404. The van der Waals surface area contributed by atoms with Crippen LogP contribution < -0.4 is 10.6 Å². The van der Waals surface area contributed by atoms with Crippen molar-refractivity contribution in [1.82, 2.24) is 10.6 Å². The van der Waals surface area contributed by atoms with Gasteiger partial charge in [0.25, 0.3) is 0 Å². The van der Waals surface area contributed by atoms with Crippen molar-refractivity contribution in [2.24, 2.45) is 0 Å². The number of aliphatic hydroxyl groups excluding tert-OH is 21. The zero-order valence-corrected chi connectivity index (χ0v) is 45.4. The third kappa shape index (κ3) is 16.0. The number of rotatable bonds is 25. The van der Waals surface area contributed by atoms with Crippen LogP contribution in [0.4, 0.5) is 0 Å². The van der Waals surface area contributed by atoms with E-state index in [-0.39, 0.29) is 6.42 Å². The average Bonchev–Trinajstić information content (AvgIpc) is 2.50. The SMILES string of the molecule is CCC(NC(C)=O)[C@H](O)[C@@H](O[C@@H]1OC(CO)[C@H](O[C@@H]2OC(CO[C@@H]3OC(CO[C@@H]4OC(CO)[C@@H](O)[C@@H](O)C4O)[C@@H](O)[C@H](O[C@@H]4OC(CO)[C@@H](O)[C@@H](O)C4O)C3O)[C@@H](O)[C@H](O[C@@H]3OC(CO)[C@@H](O)[C@@H](O)C3O)C2O)[C@@H](O)C1NC(C)=O)C(O)CO. The number of hydrogen-bond donors (Lipinski definition) is 23. The summed E-state index contributed by atoms with van der Waals surface area (Å²) < 4.78 is 68.9. The Hall–Kier alpha value is -2.38. The molecule has 23 N–H and O–H groups in total. The Morgan fingerprint density at radius 3 is 1.21 bits per heavy atom. The number of amides is 2. The van der Waals surface area contributed by atoms with Crippen molar-refractivity contribution >= 4 is 11.8 Å². The molecule has 37 heteroatoms. The lowest BCUT2D eigenvalue weighted by Crippen LogP contribution is -2.69. The summed E-state index contributed by atoms with van der Waals surface area (Å²) in [6.07, 6.45) is -63.5. The Kier molecular flexibility index (Phi) is 26.4. The van der Waals surface area contributed by atoms with Crippen molar-refractivity contribution in [2.75, 3.05) is 46.2 Å². The highest BCUT2D eigenvalue weighted by Gasteiger charge is 2.57. The third-order valence-electron chi connectivity index (χ3n) is 15.2. The number of carbonyl (C=O) groups excluding carboxylic acids is 2. The summed E-state index contributed by atoms with van der Waals surface area (Å²) in [5.41, 5.74) is 0. The molecule has 490 valence electrons. The summed E-state index contributed by atoms with van der Waals surface area (Å²) in [4.78, 5) is 24.6. The monoisotopic (exact) mass is 1230 g/mol. The van der Waals surface area contributed by atoms with Crippen LogP contribution in [0.2, 0.25) is 0 Å². The van der Waals surface area contributed by atoms with Crippen molar-refractivity contribution in [3.8, 4) is 0 Å². The molecular weight excluding hydrogens is 1150 g/mol.